The Morgan fingerprint density at radius 3 is 3.06 bits per heavy atom. The molecule has 0 atom stereocenters. The lowest BCUT2D eigenvalue weighted by Gasteiger charge is -2.01. The van der Waals surface area contributed by atoms with Crippen molar-refractivity contribution in [3.8, 4) is 10.7 Å². The molecule has 0 aromatic carbocycles. The van der Waals surface area contributed by atoms with E-state index in [0.29, 0.717) is 12.2 Å². The summed E-state index contributed by atoms with van der Waals surface area (Å²) in [4.78, 5) is 11.7. The molecule has 90 valence electrons. The average Bonchev–Trinajstić information content (AvgIpc) is 2.88. The molecular formula is C10H12N4OS2. The van der Waals surface area contributed by atoms with Crippen LogP contribution in [0.3, 0.4) is 0 Å². The van der Waals surface area contributed by atoms with E-state index >= 15 is 0 Å². The van der Waals surface area contributed by atoms with Gasteiger partial charge in [-0.05, 0) is 11.4 Å². The van der Waals surface area contributed by atoms with Crippen LogP contribution in [-0.2, 0) is 11.8 Å². The number of aromatic nitrogens is 3. The van der Waals surface area contributed by atoms with E-state index in [1.807, 2.05) is 29.1 Å². The minimum Gasteiger partial charge on any atom is -0.370 e. The first-order valence-corrected chi connectivity index (χ1v) is 6.89. The predicted octanol–water partition coefficient (Wildman–Crippen LogP) is 1.51. The second kappa shape index (κ2) is 5.33. The van der Waals surface area contributed by atoms with E-state index in [1.54, 1.807) is 11.3 Å². The van der Waals surface area contributed by atoms with Gasteiger partial charge in [0.05, 0.1) is 4.88 Å². The fraction of sp³-hybridized carbons (Fsp3) is 0.300. The zero-order valence-electron chi connectivity index (χ0n) is 9.29. The number of carbonyl (C=O) groups excluding carboxylic acids is 1. The summed E-state index contributed by atoms with van der Waals surface area (Å²) in [6.07, 6.45) is 0.353. The molecule has 0 radical (unpaired) electrons. The molecule has 0 aliphatic heterocycles. The number of rotatable bonds is 5. The first kappa shape index (κ1) is 12.1. The maximum absolute atomic E-state index is 10.6. The summed E-state index contributed by atoms with van der Waals surface area (Å²) in [5, 5.41) is 11.0. The Balaban J connectivity index is 2.08. The lowest BCUT2D eigenvalue weighted by molar-refractivity contribution is -0.117. The van der Waals surface area contributed by atoms with Gasteiger partial charge in [-0.3, -0.25) is 4.79 Å². The van der Waals surface area contributed by atoms with Crippen molar-refractivity contribution < 1.29 is 4.79 Å². The average molecular weight is 268 g/mol. The van der Waals surface area contributed by atoms with E-state index in [2.05, 4.69) is 10.2 Å². The highest BCUT2D eigenvalue weighted by molar-refractivity contribution is 7.99. The molecule has 5 nitrogen and oxygen atoms in total. The van der Waals surface area contributed by atoms with E-state index in [1.165, 1.54) is 11.8 Å². The standard InChI is InChI=1S/C10H12N4OS2/c1-14-9(7-3-2-5-16-7)12-13-10(14)17-6-4-8(11)15/h2-3,5H,4,6H2,1H3,(H2,11,15). The molecule has 2 rings (SSSR count). The maximum Gasteiger partial charge on any atom is 0.218 e. The molecule has 2 N–H and O–H groups in total. The molecule has 2 aromatic rings. The molecular weight excluding hydrogens is 256 g/mol. The topological polar surface area (TPSA) is 73.8 Å². The normalized spacial score (nSPS) is 10.6. The van der Waals surface area contributed by atoms with Crippen molar-refractivity contribution in [2.75, 3.05) is 5.75 Å². The molecule has 1 amide bonds. The fourth-order valence-electron chi connectivity index (χ4n) is 1.30. The van der Waals surface area contributed by atoms with Gasteiger partial charge in [0.25, 0.3) is 0 Å². The summed E-state index contributed by atoms with van der Waals surface area (Å²) in [5.74, 6) is 1.19. The van der Waals surface area contributed by atoms with Gasteiger partial charge in [0.15, 0.2) is 11.0 Å². The molecule has 0 saturated heterocycles. The van der Waals surface area contributed by atoms with Crippen LogP contribution in [-0.4, -0.2) is 26.4 Å². The van der Waals surface area contributed by atoms with Crippen LogP contribution in [0.25, 0.3) is 10.7 Å². The van der Waals surface area contributed by atoms with Crippen LogP contribution < -0.4 is 5.73 Å². The lowest BCUT2D eigenvalue weighted by atomic mass is 10.4. The van der Waals surface area contributed by atoms with Crippen molar-refractivity contribution in [1.82, 2.24) is 14.8 Å². The Morgan fingerprint density at radius 2 is 2.41 bits per heavy atom. The van der Waals surface area contributed by atoms with Crippen LogP contribution in [0.5, 0.6) is 0 Å². The maximum atomic E-state index is 10.6. The second-order valence-electron chi connectivity index (χ2n) is 3.41. The Hall–Kier alpha value is -1.34. The van der Waals surface area contributed by atoms with Crippen LogP contribution in [0.2, 0.25) is 0 Å². The number of nitrogens with two attached hydrogens (primary N) is 1. The highest BCUT2D eigenvalue weighted by Gasteiger charge is 2.11. The van der Waals surface area contributed by atoms with Crippen LogP contribution in [0, 0.1) is 0 Å². The van der Waals surface area contributed by atoms with Crippen molar-refractivity contribution >= 4 is 29.0 Å². The zero-order valence-corrected chi connectivity index (χ0v) is 10.9. The van der Waals surface area contributed by atoms with Gasteiger partial charge < -0.3 is 10.3 Å². The summed E-state index contributed by atoms with van der Waals surface area (Å²) in [7, 11) is 1.92. The number of thiophene rings is 1. The van der Waals surface area contributed by atoms with Gasteiger partial charge in [-0.15, -0.1) is 21.5 Å². The minimum atomic E-state index is -0.293. The van der Waals surface area contributed by atoms with E-state index in [-0.39, 0.29) is 5.91 Å². The van der Waals surface area contributed by atoms with Gasteiger partial charge in [-0.1, -0.05) is 17.8 Å². The molecule has 0 bridgehead atoms. The van der Waals surface area contributed by atoms with Gasteiger partial charge in [0.1, 0.15) is 0 Å². The van der Waals surface area contributed by atoms with E-state index < -0.39 is 0 Å². The molecule has 0 saturated carbocycles. The Kier molecular flexibility index (Phi) is 3.80. The zero-order chi connectivity index (χ0) is 12.3. The number of primary amides is 1. The molecule has 0 unspecified atom stereocenters. The minimum absolute atomic E-state index is 0.293. The number of hydrogen-bond donors (Lipinski definition) is 1. The number of hydrogen-bond acceptors (Lipinski definition) is 5. The summed E-state index contributed by atoms with van der Waals surface area (Å²) in [6, 6.07) is 3.99. The summed E-state index contributed by atoms with van der Waals surface area (Å²) < 4.78 is 1.93. The number of amides is 1. The SMILES string of the molecule is Cn1c(SCCC(N)=O)nnc1-c1cccs1. The smallest absolute Gasteiger partial charge is 0.218 e. The van der Waals surface area contributed by atoms with Crippen molar-refractivity contribution in [1.29, 1.82) is 0 Å². The van der Waals surface area contributed by atoms with Crippen molar-refractivity contribution in [2.24, 2.45) is 12.8 Å². The molecule has 0 aliphatic carbocycles. The molecule has 7 heteroatoms. The van der Waals surface area contributed by atoms with Crippen LogP contribution >= 0.6 is 23.1 Å². The third kappa shape index (κ3) is 2.86. The number of carbonyl (C=O) groups is 1. The van der Waals surface area contributed by atoms with Crippen molar-refractivity contribution in [3.05, 3.63) is 17.5 Å². The third-order valence-corrected chi connectivity index (χ3v) is 4.04. The fourth-order valence-corrected chi connectivity index (χ4v) is 2.91. The number of nitrogens with zero attached hydrogens (tertiary/aromatic N) is 3. The molecule has 17 heavy (non-hydrogen) atoms. The van der Waals surface area contributed by atoms with Gasteiger partial charge in [0.2, 0.25) is 5.91 Å². The van der Waals surface area contributed by atoms with E-state index in [9.17, 15) is 4.79 Å². The summed E-state index contributed by atoms with van der Waals surface area (Å²) in [5.41, 5.74) is 5.08. The monoisotopic (exact) mass is 268 g/mol. The Bertz CT molecular complexity index is 506. The van der Waals surface area contributed by atoms with Gasteiger partial charge in [-0.25, -0.2) is 0 Å². The molecule has 0 spiro atoms. The quantitative estimate of drug-likeness (QED) is 0.834. The van der Waals surface area contributed by atoms with Gasteiger partial charge >= 0.3 is 0 Å². The first-order valence-electron chi connectivity index (χ1n) is 5.03. The van der Waals surface area contributed by atoms with Gasteiger partial charge in [-0.2, -0.15) is 0 Å². The van der Waals surface area contributed by atoms with Crippen LogP contribution in [0.1, 0.15) is 6.42 Å². The third-order valence-electron chi connectivity index (χ3n) is 2.16. The predicted molar refractivity (Wildman–Crippen MR) is 68.9 cm³/mol. The van der Waals surface area contributed by atoms with Crippen molar-refractivity contribution in [3.63, 3.8) is 0 Å². The van der Waals surface area contributed by atoms with Crippen LogP contribution in [0.4, 0.5) is 0 Å². The first-order chi connectivity index (χ1) is 8.18. The number of thioether (sulfide) groups is 1. The Morgan fingerprint density at radius 1 is 1.59 bits per heavy atom. The molecule has 0 fully saturated rings. The van der Waals surface area contributed by atoms with E-state index in [0.717, 1.165) is 15.9 Å². The van der Waals surface area contributed by atoms with E-state index in [4.69, 9.17) is 5.73 Å². The summed E-state index contributed by atoms with van der Waals surface area (Å²) in [6.45, 7) is 0. The molecule has 0 aliphatic rings. The highest BCUT2D eigenvalue weighted by atomic mass is 32.2. The van der Waals surface area contributed by atoms with Crippen LogP contribution in [0.15, 0.2) is 22.7 Å². The largest absolute Gasteiger partial charge is 0.370 e. The van der Waals surface area contributed by atoms with Gasteiger partial charge in [0, 0.05) is 19.2 Å². The highest BCUT2D eigenvalue weighted by Crippen LogP contribution is 2.25. The summed E-state index contributed by atoms with van der Waals surface area (Å²) >= 11 is 3.11. The van der Waals surface area contributed by atoms with Crippen molar-refractivity contribution in [2.45, 2.75) is 11.6 Å². The molecule has 2 aromatic heterocycles. The second-order valence-corrected chi connectivity index (χ2v) is 5.42. The Labute approximate surface area is 107 Å². The lowest BCUT2D eigenvalue weighted by Crippen LogP contribution is -2.11. The molecule has 2 heterocycles.